The Morgan fingerprint density at radius 3 is 2.70 bits per heavy atom. The molecule has 1 fully saturated rings. The Kier molecular flexibility index (Phi) is 5.18. The summed E-state index contributed by atoms with van der Waals surface area (Å²) < 4.78 is 65.4. The summed E-state index contributed by atoms with van der Waals surface area (Å²) in [7, 11) is -4.15. The third-order valence-corrected chi connectivity index (χ3v) is 6.58. The number of aromatic nitrogens is 2. The molecule has 1 aromatic carbocycles. The molecule has 2 aromatic rings. The van der Waals surface area contributed by atoms with Crippen LogP contribution < -0.4 is 4.90 Å². The van der Waals surface area contributed by atoms with Crippen LogP contribution in [0.3, 0.4) is 0 Å². The highest BCUT2D eigenvalue weighted by Crippen LogP contribution is 2.36. The molecule has 0 saturated carbocycles. The predicted octanol–water partition coefficient (Wildman–Crippen LogP) is 2.75. The van der Waals surface area contributed by atoms with Gasteiger partial charge in [-0.3, -0.25) is 9.98 Å². The molecule has 0 N–H and O–H groups in total. The fraction of sp³-hybridized carbons (Fsp3) is 0.353. The van der Waals surface area contributed by atoms with Crippen LogP contribution >= 0.6 is 0 Å². The van der Waals surface area contributed by atoms with Gasteiger partial charge in [0.05, 0.1) is 40.3 Å². The summed E-state index contributed by atoms with van der Waals surface area (Å²) in [4.78, 5) is 13.1. The van der Waals surface area contributed by atoms with Crippen molar-refractivity contribution in [3.8, 4) is 0 Å². The van der Waals surface area contributed by atoms with Gasteiger partial charge in [-0.25, -0.2) is 13.4 Å². The minimum atomic E-state index is -4.74. The average molecular weight is 398 g/mol. The van der Waals surface area contributed by atoms with Crippen molar-refractivity contribution in [2.75, 3.05) is 18.0 Å². The Labute approximate surface area is 154 Å². The number of sulfone groups is 1. The first-order valence-corrected chi connectivity index (χ1v) is 9.66. The lowest BCUT2D eigenvalue weighted by atomic mass is 10.2. The second-order valence-electron chi connectivity index (χ2n) is 6.15. The van der Waals surface area contributed by atoms with E-state index < -0.39 is 31.7 Å². The van der Waals surface area contributed by atoms with Gasteiger partial charge in [0.1, 0.15) is 5.82 Å². The Bertz CT molecular complexity index is 947. The first-order chi connectivity index (χ1) is 12.7. The highest BCUT2D eigenvalue weighted by Gasteiger charge is 2.41. The normalized spacial score (nSPS) is 17.9. The highest BCUT2D eigenvalue weighted by atomic mass is 32.2. The second-order valence-corrected chi connectivity index (χ2v) is 8.34. The van der Waals surface area contributed by atoms with Crippen molar-refractivity contribution in [2.45, 2.75) is 29.3 Å². The number of rotatable bonds is 5. The van der Waals surface area contributed by atoms with Gasteiger partial charge in [0, 0.05) is 13.1 Å². The van der Waals surface area contributed by atoms with E-state index in [1.54, 1.807) is 4.90 Å². The van der Waals surface area contributed by atoms with Crippen molar-refractivity contribution >= 4 is 22.4 Å². The quantitative estimate of drug-likeness (QED) is 0.724. The number of alkyl halides is 3. The van der Waals surface area contributed by atoms with E-state index in [9.17, 15) is 21.6 Å². The first kappa shape index (κ1) is 19.3. The zero-order chi connectivity index (χ0) is 19.7. The second kappa shape index (κ2) is 7.26. The number of aliphatic imine (C=N–C) groups is 1. The van der Waals surface area contributed by atoms with Crippen LogP contribution in [0.5, 0.6) is 0 Å². The summed E-state index contributed by atoms with van der Waals surface area (Å²) in [6.45, 7) is 4.07. The third-order valence-electron chi connectivity index (χ3n) is 4.35. The van der Waals surface area contributed by atoms with Gasteiger partial charge < -0.3 is 4.90 Å². The van der Waals surface area contributed by atoms with Gasteiger partial charge in [0.25, 0.3) is 0 Å². The molecule has 1 aromatic heterocycles. The molecular weight excluding hydrogens is 381 g/mol. The van der Waals surface area contributed by atoms with Gasteiger partial charge in [0.2, 0.25) is 0 Å². The summed E-state index contributed by atoms with van der Waals surface area (Å²) in [6, 6.07) is 4.28. The predicted molar refractivity (Wildman–Crippen MR) is 94.5 cm³/mol. The van der Waals surface area contributed by atoms with Crippen molar-refractivity contribution in [3.05, 3.63) is 47.9 Å². The van der Waals surface area contributed by atoms with E-state index >= 15 is 0 Å². The van der Waals surface area contributed by atoms with Crippen molar-refractivity contribution < 1.29 is 21.6 Å². The lowest BCUT2D eigenvalue weighted by molar-refractivity contribution is -0.139. The molecule has 0 spiro atoms. The van der Waals surface area contributed by atoms with Gasteiger partial charge in [-0.2, -0.15) is 13.2 Å². The summed E-state index contributed by atoms with van der Waals surface area (Å²) in [5.74, 6) is 0.470. The fourth-order valence-corrected chi connectivity index (χ4v) is 4.97. The maximum atomic E-state index is 13.2. The Hall–Kier alpha value is -2.49. The van der Waals surface area contributed by atoms with Crippen molar-refractivity contribution in [3.63, 3.8) is 0 Å². The number of nitrogens with zero attached hydrogens (tertiary/aromatic N) is 4. The van der Waals surface area contributed by atoms with E-state index in [-0.39, 0.29) is 19.5 Å². The van der Waals surface area contributed by atoms with Crippen LogP contribution in [0.4, 0.5) is 19.0 Å². The largest absolute Gasteiger partial charge is 0.417 e. The summed E-state index contributed by atoms with van der Waals surface area (Å²) in [6.07, 6.45) is -1.51. The number of anilines is 1. The molecule has 1 saturated heterocycles. The molecule has 1 aliphatic heterocycles. The van der Waals surface area contributed by atoms with Crippen LogP contribution in [0.2, 0.25) is 0 Å². The minimum absolute atomic E-state index is 0.0498. The van der Waals surface area contributed by atoms with E-state index in [0.29, 0.717) is 18.1 Å². The highest BCUT2D eigenvalue weighted by molar-refractivity contribution is 7.92. The van der Waals surface area contributed by atoms with Crippen molar-refractivity contribution in [2.24, 2.45) is 4.99 Å². The zero-order valence-corrected chi connectivity index (χ0v) is 15.0. The SMILES string of the molecule is C=NCc1cncc(N2CCC(S(=O)(=O)c3ccccc3C(F)(F)F)C2)n1. The third kappa shape index (κ3) is 3.95. The lowest BCUT2D eigenvalue weighted by Crippen LogP contribution is -2.29. The van der Waals surface area contributed by atoms with Gasteiger partial charge in [-0.1, -0.05) is 12.1 Å². The zero-order valence-electron chi connectivity index (χ0n) is 14.2. The molecule has 0 aliphatic carbocycles. The van der Waals surface area contributed by atoms with Crippen molar-refractivity contribution in [1.29, 1.82) is 0 Å². The molecule has 1 unspecified atom stereocenters. The van der Waals surface area contributed by atoms with Crippen LogP contribution in [-0.2, 0) is 22.6 Å². The monoisotopic (exact) mass is 398 g/mol. The molecule has 27 heavy (non-hydrogen) atoms. The lowest BCUT2D eigenvalue weighted by Gasteiger charge is -2.19. The molecule has 0 bridgehead atoms. The Morgan fingerprint density at radius 1 is 1.26 bits per heavy atom. The molecule has 0 amide bonds. The first-order valence-electron chi connectivity index (χ1n) is 8.12. The summed E-state index contributed by atoms with van der Waals surface area (Å²) >= 11 is 0. The van der Waals surface area contributed by atoms with E-state index in [1.165, 1.54) is 24.5 Å². The molecule has 3 rings (SSSR count). The standard InChI is InChI=1S/C17H17F3N4O2S/c1-21-8-12-9-22-10-16(23-12)24-7-6-13(11-24)27(25,26)15-5-3-2-4-14(15)17(18,19)20/h2-5,9-10,13H,1,6-8,11H2. The Balaban J connectivity index is 1.87. The number of halogens is 3. The number of hydrogen-bond acceptors (Lipinski definition) is 6. The molecule has 1 atom stereocenters. The smallest absolute Gasteiger partial charge is 0.354 e. The molecule has 144 valence electrons. The maximum Gasteiger partial charge on any atom is 0.417 e. The van der Waals surface area contributed by atoms with Gasteiger partial charge in [-0.05, 0) is 25.3 Å². The summed E-state index contributed by atoms with van der Waals surface area (Å²) in [5.41, 5.74) is -0.557. The molecular formula is C17H17F3N4O2S. The van der Waals surface area contributed by atoms with E-state index in [4.69, 9.17) is 0 Å². The van der Waals surface area contributed by atoms with E-state index in [2.05, 4.69) is 21.7 Å². The number of benzene rings is 1. The summed E-state index contributed by atoms with van der Waals surface area (Å²) in [5, 5.41) is -0.955. The van der Waals surface area contributed by atoms with Crippen LogP contribution in [0.15, 0.2) is 46.5 Å². The topological polar surface area (TPSA) is 75.5 Å². The fourth-order valence-electron chi connectivity index (χ4n) is 3.06. The maximum absolute atomic E-state index is 13.2. The van der Waals surface area contributed by atoms with Crippen LogP contribution in [0.1, 0.15) is 17.7 Å². The van der Waals surface area contributed by atoms with Crippen LogP contribution in [0.25, 0.3) is 0 Å². The van der Waals surface area contributed by atoms with Crippen LogP contribution in [-0.4, -0.2) is 43.4 Å². The number of hydrogen-bond donors (Lipinski definition) is 0. The molecule has 10 heteroatoms. The molecule has 1 aliphatic rings. The van der Waals surface area contributed by atoms with E-state index in [1.807, 2.05) is 0 Å². The van der Waals surface area contributed by atoms with Gasteiger partial charge in [0.15, 0.2) is 9.84 Å². The molecule has 6 nitrogen and oxygen atoms in total. The van der Waals surface area contributed by atoms with Gasteiger partial charge >= 0.3 is 6.18 Å². The Morgan fingerprint density at radius 2 is 2.00 bits per heavy atom. The average Bonchev–Trinajstić information content (AvgIpc) is 3.13. The molecule has 2 heterocycles. The minimum Gasteiger partial charge on any atom is -0.354 e. The van der Waals surface area contributed by atoms with Crippen molar-refractivity contribution in [1.82, 2.24) is 9.97 Å². The molecule has 0 radical (unpaired) electrons. The van der Waals surface area contributed by atoms with E-state index in [0.717, 1.165) is 12.1 Å². The van der Waals surface area contributed by atoms with Gasteiger partial charge in [-0.15, -0.1) is 0 Å². The van der Waals surface area contributed by atoms with Crippen LogP contribution in [0, 0.1) is 0 Å².